The normalized spacial score (nSPS) is 10.9. The molecule has 0 atom stereocenters. The molecule has 0 saturated heterocycles. The molecular weight excluding hydrogens is 305 g/mol. The third kappa shape index (κ3) is 3.95. The molecule has 2 aromatic carbocycles. The number of hydrogen-bond acceptors (Lipinski definition) is 2. The van der Waals surface area contributed by atoms with Crippen LogP contribution in [0.15, 0.2) is 73.3 Å². The van der Waals surface area contributed by atoms with Gasteiger partial charge < -0.3 is 9.88 Å². The van der Waals surface area contributed by atoms with E-state index in [4.69, 9.17) is 0 Å². The van der Waals surface area contributed by atoms with E-state index in [1.807, 2.05) is 35.0 Å². The number of carbonyl (C=O) groups excluding carboxylic acids is 1. The van der Waals surface area contributed by atoms with Crippen LogP contribution in [0.4, 0.5) is 4.39 Å². The largest absolute Gasteiger partial charge is 0.348 e. The van der Waals surface area contributed by atoms with Crippen LogP contribution in [0.1, 0.15) is 11.1 Å². The number of imidazole rings is 1. The van der Waals surface area contributed by atoms with Gasteiger partial charge in [-0.2, -0.15) is 0 Å². The van der Waals surface area contributed by atoms with E-state index in [0.29, 0.717) is 12.1 Å². The lowest BCUT2D eigenvalue weighted by molar-refractivity contribution is -0.116. The Bertz CT molecular complexity index is 839. The van der Waals surface area contributed by atoms with Crippen molar-refractivity contribution in [1.82, 2.24) is 14.9 Å². The van der Waals surface area contributed by atoms with Crippen molar-refractivity contribution in [3.8, 4) is 5.69 Å². The monoisotopic (exact) mass is 321 g/mol. The van der Waals surface area contributed by atoms with Gasteiger partial charge in [-0.15, -0.1) is 0 Å². The van der Waals surface area contributed by atoms with Crippen molar-refractivity contribution >= 4 is 12.0 Å². The van der Waals surface area contributed by atoms with Crippen molar-refractivity contribution in [3.05, 3.63) is 90.3 Å². The fourth-order valence-electron chi connectivity index (χ4n) is 2.22. The van der Waals surface area contributed by atoms with Crippen LogP contribution in [0.2, 0.25) is 0 Å². The maximum absolute atomic E-state index is 13.5. The molecule has 0 aliphatic carbocycles. The molecular formula is C19H16FN3O. The molecule has 0 radical (unpaired) electrons. The smallest absolute Gasteiger partial charge is 0.244 e. The topological polar surface area (TPSA) is 46.9 Å². The van der Waals surface area contributed by atoms with Crippen LogP contribution in [-0.4, -0.2) is 15.5 Å². The minimum absolute atomic E-state index is 0.267. The van der Waals surface area contributed by atoms with Crippen LogP contribution < -0.4 is 5.32 Å². The minimum Gasteiger partial charge on any atom is -0.348 e. The van der Waals surface area contributed by atoms with Crippen molar-refractivity contribution in [2.24, 2.45) is 0 Å². The predicted molar refractivity (Wildman–Crippen MR) is 90.8 cm³/mol. The molecule has 0 spiro atoms. The molecule has 1 heterocycles. The van der Waals surface area contributed by atoms with E-state index in [-0.39, 0.29) is 11.7 Å². The third-order valence-electron chi connectivity index (χ3n) is 3.53. The molecule has 4 nitrogen and oxygen atoms in total. The molecule has 3 rings (SSSR count). The molecule has 0 fully saturated rings. The second-order valence-corrected chi connectivity index (χ2v) is 5.21. The van der Waals surface area contributed by atoms with Crippen LogP contribution >= 0.6 is 0 Å². The molecule has 120 valence electrons. The zero-order chi connectivity index (χ0) is 16.8. The summed E-state index contributed by atoms with van der Waals surface area (Å²) >= 11 is 0. The molecule has 0 saturated carbocycles. The molecule has 1 amide bonds. The first-order valence-electron chi connectivity index (χ1n) is 7.50. The molecule has 0 aliphatic heterocycles. The molecule has 1 N–H and O–H groups in total. The van der Waals surface area contributed by atoms with Gasteiger partial charge in [-0.05, 0) is 29.8 Å². The maximum atomic E-state index is 13.5. The second-order valence-electron chi connectivity index (χ2n) is 5.21. The first-order chi connectivity index (χ1) is 11.7. The Labute approximate surface area is 139 Å². The number of rotatable bonds is 5. The van der Waals surface area contributed by atoms with Crippen LogP contribution in [0, 0.1) is 5.82 Å². The Hall–Kier alpha value is -3.21. The van der Waals surface area contributed by atoms with Crippen LogP contribution in [-0.2, 0) is 11.3 Å². The highest BCUT2D eigenvalue weighted by Gasteiger charge is 2.00. The minimum atomic E-state index is -0.350. The van der Waals surface area contributed by atoms with Gasteiger partial charge >= 0.3 is 0 Å². The quantitative estimate of drug-likeness (QED) is 0.733. The lowest BCUT2D eigenvalue weighted by atomic mass is 10.2. The summed E-state index contributed by atoms with van der Waals surface area (Å²) in [5.41, 5.74) is 2.37. The average Bonchev–Trinajstić information content (AvgIpc) is 3.14. The van der Waals surface area contributed by atoms with Crippen molar-refractivity contribution in [2.75, 3.05) is 0 Å². The Morgan fingerprint density at radius 3 is 2.67 bits per heavy atom. The first-order valence-corrected chi connectivity index (χ1v) is 7.50. The SMILES string of the molecule is O=C(/C=C/c1ccccc1F)NCc1ccc(-n2ccnc2)cc1. The van der Waals surface area contributed by atoms with Gasteiger partial charge in [-0.25, -0.2) is 9.37 Å². The standard InChI is InChI=1S/C19H16FN3O/c20-18-4-2-1-3-16(18)7-10-19(24)22-13-15-5-8-17(9-6-15)23-12-11-21-14-23/h1-12,14H,13H2,(H,22,24)/b10-7+. The highest BCUT2D eigenvalue weighted by atomic mass is 19.1. The predicted octanol–water partition coefficient (Wildman–Crippen LogP) is 3.34. The summed E-state index contributed by atoms with van der Waals surface area (Å²) < 4.78 is 15.4. The summed E-state index contributed by atoms with van der Waals surface area (Å²) in [5, 5.41) is 2.78. The van der Waals surface area contributed by atoms with E-state index < -0.39 is 0 Å². The van der Waals surface area contributed by atoms with Gasteiger partial charge in [0.1, 0.15) is 5.82 Å². The number of hydrogen-bond donors (Lipinski definition) is 1. The van der Waals surface area contributed by atoms with Crippen molar-refractivity contribution in [3.63, 3.8) is 0 Å². The van der Waals surface area contributed by atoms with Crippen molar-refractivity contribution in [1.29, 1.82) is 0 Å². The molecule has 24 heavy (non-hydrogen) atoms. The van der Waals surface area contributed by atoms with Gasteiger partial charge in [0, 0.05) is 36.3 Å². The highest BCUT2D eigenvalue weighted by Crippen LogP contribution is 2.10. The van der Waals surface area contributed by atoms with E-state index in [1.165, 1.54) is 18.2 Å². The van der Waals surface area contributed by atoms with Gasteiger partial charge in [-0.3, -0.25) is 4.79 Å². The summed E-state index contributed by atoms with van der Waals surface area (Å²) in [6.45, 7) is 0.407. The lowest BCUT2D eigenvalue weighted by Crippen LogP contribution is -2.20. The number of aromatic nitrogens is 2. The van der Waals surface area contributed by atoms with E-state index in [9.17, 15) is 9.18 Å². The van der Waals surface area contributed by atoms with Crippen LogP contribution in [0.3, 0.4) is 0 Å². The third-order valence-corrected chi connectivity index (χ3v) is 3.53. The number of nitrogens with zero attached hydrogens (tertiary/aromatic N) is 2. The van der Waals surface area contributed by atoms with Gasteiger partial charge in [0.05, 0.1) is 6.33 Å². The van der Waals surface area contributed by atoms with E-state index in [2.05, 4.69) is 10.3 Å². The molecule has 0 bridgehead atoms. The summed E-state index contributed by atoms with van der Waals surface area (Å²) in [7, 11) is 0. The molecule has 5 heteroatoms. The van der Waals surface area contributed by atoms with Crippen LogP contribution in [0.5, 0.6) is 0 Å². The van der Waals surface area contributed by atoms with Gasteiger partial charge in [0.25, 0.3) is 0 Å². The Morgan fingerprint density at radius 1 is 1.17 bits per heavy atom. The van der Waals surface area contributed by atoms with Crippen LogP contribution in [0.25, 0.3) is 11.8 Å². The summed E-state index contributed by atoms with van der Waals surface area (Å²) in [4.78, 5) is 15.8. The second kappa shape index (κ2) is 7.37. The molecule has 0 unspecified atom stereocenters. The lowest BCUT2D eigenvalue weighted by Gasteiger charge is -2.05. The fraction of sp³-hybridized carbons (Fsp3) is 0.0526. The Kier molecular flexibility index (Phi) is 4.81. The Balaban J connectivity index is 1.55. The average molecular weight is 321 g/mol. The molecule has 0 aliphatic rings. The summed E-state index contributed by atoms with van der Waals surface area (Å²) in [6.07, 6.45) is 8.11. The number of benzene rings is 2. The van der Waals surface area contributed by atoms with Gasteiger partial charge in [-0.1, -0.05) is 30.3 Å². The summed E-state index contributed by atoms with van der Waals surface area (Å²) in [6, 6.07) is 14.1. The van der Waals surface area contributed by atoms with E-state index in [1.54, 1.807) is 30.7 Å². The van der Waals surface area contributed by atoms with E-state index in [0.717, 1.165) is 11.3 Å². The fourth-order valence-corrected chi connectivity index (χ4v) is 2.22. The molecule has 1 aromatic heterocycles. The summed E-state index contributed by atoms with van der Waals surface area (Å²) in [5.74, 6) is -0.617. The highest BCUT2D eigenvalue weighted by molar-refractivity contribution is 5.91. The zero-order valence-electron chi connectivity index (χ0n) is 12.9. The van der Waals surface area contributed by atoms with Gasteiger partial charge in [0.15, 0.2) is 0 Å². The number of nitrogens with one attached hydrogen (secondary N) is 1. The maximum Gasteiger partial charge on any atom is 0.244 e. The van der Waals surface area contributed by atoms with Crippen molar-refractivity contribution in [2.45, 2.75) is 6.54 Å². The first kappa shape index (κ1) is 15.7. The number of halogens is 1. The number of amides is 1. The zero-order valence-corrected chi connectivity index (χ0v) is 12.9. The van der Waals surface area contributed by atoms with E-state index >= 15 is 0 Å². The molecule has 3 aromatic rings. The Morgan fingerprint density at radius 2 is 1.96 bits per heavy atom. The van der Waals surface area contributed by atoms with Crippen molar-refractivity contribution < 1.29 is 9.18 Å². The van der Waals surface area contributed by atoms with Gasteiger partial charge in [0.2, 0.25) is 5.91 Å². The number of carbonyl (C=O) groups is 1.